The molecule has 1 aromatic heterocycles. The molecule has 5 N–H and O–H groups in total. The van der Waals surface area contributed by atoms with Crippen molar-refractivity contribution in [3.05, 3.63) is 23.4 Å². The summed E-state index contributed by atoms with van der Waals surface area (Å²) in [5.74, 6) is 6.75. The summed E-state index contributed by atoms with van der Waals surface area (Å²) in [6, 6.07) is 2.23. The van der Waals surface area contributed by atoms with Crippen molar-refractivity contribution >= 4 is 5.82 Å². The Morgan fingerprint density at radius 3 is 2.86 bits per heavy atom. The maximum atomic E-state index is 5.82. The third-order valence-corrected chi connectivity index (χ3v) is 2.69. The van der Waals surface area contributed by atoms with Gasteiger partial charge < -0.3 is 5.73 Å². The van der Waals surface area contributed by atoms with Gasteiger partial charge in [-0.05, 0) is 37.3 Å². The first-order valence-electron chi connectivity index (χ1n) is 4.90. The SMILES string of the molecule is Cc1cnc(N)c(C(NN)C2CC2)c1. The smallest absolute Gasteiger partial charge is 0.128 e. The molecule has 1 fully saturated rings. The highest BCUT2D eigenvalue weighted by Gasteiger charge is 2.32. The van der Waals surface area contributed by atoms with Crippen LogP contribution in [0.2, 0.25) is 0 Å². The average Bonchev–Trinajstić information content (AvgIpc) is 2.96. The number of nitrogen functional groups attached to an aromatic ring is 1. The van der Waals surface area contributed by atoms with Gasteiger partial charge in [0.15, 0.2) is 0 Å². The number of anilines is 1. The van der Waals surface area contributed by atoms with Gasteiger partial charge in [-0.25, -0.2) is 4.98 Å². The van der Waals surface area contributed by atoms with Crippen molar-refractivity contribution in [3.63, 3.8) is 0 Å². The van der Waals surface area contributed by atoms with Crippen LogP contribution in [0.4, 0.5) is 5.82 Å². The lowest BCUT2D eigenvalue weighted by Gasteiger charge is -2.17. The standard InChI is InChI=1S/C10H16N4/c1-6-4-8(10(11)13-5-6)9(14-12)7-2-3-7/h4-5,7,9,14H,2-3,12H2,1H3,(H2,11,13). The van der Waals surface area contributed by atoms with Crippen molar-refractivity contribution in [1.82, 2.24) is 10.4 Å². The number of nitrogens with two attached hydrogens (primary N) is 2. The van der Waals surface area contributed by atoms with Crippen LogP contribution in [0, 0.1) is 12.8 Å². The second-order valence-corrected chi connectivity index (χ2v) is 3.97. The van der Waals surface area contributed by atoms with E-state index < -0.39 is 0 Å². The molecule has 0 aliphatic heterocycles. The quantitative estimate of drug-likeness (QED) is 0.491. The zero-order valence-corrected chi connectivity index (χ0v) is 8.33. The summed E-state index contributed by atoms with van der Waals surface area (Å²) in [7, 11) is 0. The Morgan fingerprint density at radius 1 is 1.57 bits per heavy atom. The monoisotopic (exact) mass is 192 g/mol. The Kier molecular flexibility index (Phi) is 2.39. The number of nitrogens with one attached hydrogen (secondary N) is 1. The van der Waals surface area contributed by atoms with Crippen LogP contribution in [0.5, 0.6) is 0 Å². The van der Waals surface area contributed by atoms with E-state index in [9.17, 15) is 0 Å². The predicted octanol–water partition coefficient (Wildman–Crippen LogP) is 0.887. The third kappa shape index (κ3) is 1.71. The zero-order chi connectivity index (χ0) is 10.1. The van der Waals surface area contributed by atoms with Crippen molar-refractivity contribution in [2.45, 2.75) is 25.8 Å². The first kappa shape index (κ1) is 9.43. The second kappa shape index (κ2) is 3.55. The van der Waals surface area contributed by atoms with Crippen LogP contribution in [0.3, 0.4) is 0 Å². The van der Waals surface area contributed by atoms with Gasteiger partial charge in [0.1, 0.15) is 5.82 Å². The van der Waals surface area contributed by atoms with Crippen LogP contribution in [0.25, 0.3) is 0 Å². The molecular formula is C10H16N4. The predicted molar refractivity (Wildman–Crippen MR) is 56.2 cm³/mol. The van der Waals surface area contributed by atoms with E-state index >= 15 is 0 Å². The number of pyridine rings is 1. The Bertz CT molecular complexity index is 333. The molecule has 1 aliphatic rings. The molecule has 0 saturated heterocycles. The first-order valence-corrected chi connectivity index (χ1v) is 4.90. The molecule has 1 aromatic rings. The molecule has 0 spiro atoms. The lowest BCUT2D eigenvalue weighted by atomic mass is 10.0. The molecule has 1 aliphatic carbocycles. The summed E-state index contributed by atoms with van der Waals surface area (Å²) in [5, 5.41) is 0. The normalized spacial score (nSPS) is 18.1. The van der Waals surface area contributed by atoms with Crippen LogP contribution in [0.1, 0.15) is 30.0 Å². The molecule has 1 saturated carbocycles. The summed E-state index contributed by atoms with van der Waals surface area (Å²) in [6.45, 7) is 2.01. The second-order valence-electron chi connectivity index (χ2n) is 3.97. The van der Waals surface area contributed by atoms with Gasteiger partial charge in [0.25, 0.3) is 0 Å². The Morgan fingerprint density at radius 2 is 2.29 bits per heavy atom. The Labute approximate surface area is 83.7 Å². The highest BCUT2D eigenvalue weighted by molar-refractivity contribution is 5.43. The molecule has 1 atom stereocenters. The van der Waals surface area contributed by atoms with E-state index in [1.54, 1.807) is 6.20 Å². The van der Waals surface area contributed by atoms with Crippen LogP contribution in [-0.2, 0) is 0 Å². The fourth-order valence-electron chi connectivity index (χ4n) is 1.76. The highest BCUT2D eigenvalue weighted by Crippen LogP contribution is 2.41. The van der Waals surface area contributed by atoms with Crippen molar-refractivity contribution in [2.75, 3.05) is 5.73 Å². The number of nitrogens with zero attached hydrogens (tertiary/aromatic N) is 1. The van der Waals surface area contributed by atoms with Gasteiger partial charge in [0.2, 0.25) is 0 Å². The third-order valence-electron chi connectivity index (χ3n) is 2.69. The minimum atomic E-state index is 0.169. The molecule has 2 rings (SSSR count). The van der Waals surface area contributed by atoms with Crippen LogP contribution in [-0.4, -0.2) is 4.98 Å². The van der Waals surface area contributed by atoms with Crippen molar-refractivity contribution in [3.8, 4) is 0 Å². The molecule has 0 radical (unpaired) electrons. The van der Waals surface area contributed by atoms with E-state index in [0.717, 1.165) is 11.1 Å². The summed E-state index contributed by atoms with van der Waals surface area (Å²) < 4.78 is 0. The molecule has 0 bridgehead atoms. The summed E-state index contributed by atoms with van der Waals surface area (Å²) in [4.78, 5) is 4.14. The number of hydrogen-bond donors (Lipinski definition) is 3. The van der Waals surface area contributed by atoms with Gasteiger partial charge in [-0.2, -0.15) is 0 Å². The van der Waals surface area contributed by atoms with E-state index in [4.69, 9.17) is 11.6 Å². The Hall–Kier alpha value is -1.13. The molecule has 76 valence electrons. The van der Waals surface area contributed by atoms with Gasteiger partial charge >= 0.3 is 0 Å². The van der Waals surface area contributed by atoms with E-state index in [1.807, 2.05) is 6.92 Å². The van der Waals surface area contributed by atoms with Crippen LogP contribution >= 0.6 is 0 Å². The van der Waals surface area contributed by atoms with Gasteiger partial charge in [-0.1, -0.05) is 0 Å². The summed E-state index contributed by atoms with van der Waals surface area (Å²) >= 11 is 0. The number of rotatable bonds is 3. The zero-order valence-electron chi connectivity index (χ0n) is 8.33. The fourth-order valence-corrected chi connectivity index (χ4v) is 1.76. The van der Waals surface area contributed by atoms with E-state index in [2.05, 4.69) is 16.5 Å². The van der Waals surface area contributed by atoms with Crippen LogP contribution in [0.15, 0.2) is 12.3 Å². The van der Waals surface area contributed by atoms with E-state index in [-0.39, 0.29) is 6.04 Å². The lowest BCUT2D eigenvalue weighted by molar-refractivity contribution is 0.497. The van der Waals surface area contributed by atoms with Crippen molar-refractivity contribution in [2.24, 2.45) is 11.8 Å². The molecule has 1 unspecified atom stereocenters. The van der Waals surface area contributed by atoms with E-state index in [1.165, 1.54) is 12.8 Å². The van der Waals surface area contributed by atoms with Crippen molar-refractivity contribution < 1.29 is 0 Å². The highest BCUT2D eigenvalue weighted by atomic mass is 15.2. The number of hydrazine groups is 1. The topological polar surface area (TPSA) is 77.0 Å². The molecule has 1 heterocycles. The van der Waals surface area contributed by atoms with Crippen LogP contribution < -0.4 is 17.0 Å². The molecule has 4 nitrogen and oxygen atoms in total. The van der Waals surface area contributed by atoms with E-state index in [0.29, 0.717) is 11.7 Å². The molecule has 0 amide bonds. The molecule has 0 aromatic carbocycles. The van der Waals surface area contributed by atoms with Gasteiger partial charge in [-0.15, -0.1) is 0 Å². The maximum Gasteiger partial charge on any atom is 0.128 e. The molecule has 4 heteroatoms. The Balaban J connectivity index is 2.32. The van der Waals surface area contributed by atoms with Gasteiger partial charge in [0, 0.05) is 11.8 Å². The minimum absolute atomic E-state index is 0.169. The molecule has 14 heavy (non-hydrogen) atoms. The number of aryl methyl sites for hydroxylation is 1. The van der Waals surface area contributed by atoms with Crippen molar-refractivity contribution in [1.29, 1.82) is 0 Å². The van der Waals surface area contributed by atoms with Gasteiger partial charge in [-0.3, -0.25) is 11.3 Å². The largest absolute Gasteiger partial charge is 0.383 e. The summed E-state index contributed by atoms with van der Waals surface area (Å²) in [6.07, 6.45) is 4.23. The lowest BCUT2D eigenvalue weighted by Crippen LogP contribution is -2.30. The fraction of sp³-hybridized carbons (Fsp3) is 0.500. The average molecular weight is 192 g/mol. The first-order chi connectivity index (χ1) is 6.72. The molecular weight excluding hydrogens is 176 g/mol. The maximum absolute atomic E-state index is 5.82. The summed E-state index contributed by atoms with van der Waals surface area (Å²) in [5.41, 5.74) is 10.8. The minimum Gasteiger partial charge on any atom is -0.383 e. The number of hydrogen-bond acceptors (Lipinski definition) is 4. The number of aromatic nitrogens is 1. The van der Waals surface area contributed by atoms with Gasteiger partial charge in [0.05, 0.1) is 6.04 Å².